The van der Waals surface area contributed by atoms with Crippen LogP contribution in [0.1, 0.15) is 280 Å². The summed E-state index contributed by atoms with van der Waals surface area (Å²) in [7, 11) is 0. The number of phenols is 2. The van der Waals surface area contributed by atoms with Gasteiger partial charge in [0, 0.05) is 0 Å². The molecule has 1 radical (unpaired) electrons. The topological polar surface area (TPSA) is 40.5 Å². The van der Waals surface area contributed by atoms with Crippen molar-refractivity contribution in [1.82, 2.24) is 0 Å². The van der Waals surface area contributed by atoms with Crippen molar-refractivity contribution in [2.24, 2.45) is 11.8 Å². The number of hydrogen-bond acceptors (Lipinski definition) is 2. The lowest BCUT2D eigenvalue weighted by Gasteiger charge is -2.21. The third kappa shape index (κ3) is 26.4. The second-order valence-corrected chi connectivity index (χ2v) is 19.9. The van der Waals surface area contributed by atoms with Crippen molar-refractivity contribution in [2.45, 2.75) is 286 Å². The molecule has 0 aliphatic rings. The van der Waals surface area contributed by atoms with E-state index in [1.807, 2.05) is 0 Å². The highest BCUT2D eigenvalue weighted by molar-refractivity contribution is 5.45. The van der Waals surface area contributed by atoms with E-state index in [0.717, 1.165) is 51.4 Å². The molecule has 2 nitrogen and oxygen atoms in total. The predicted molar refractivity (Wildman–Crippen MR) is 272 cm³/mol. The molecule has 0 spiro atoms. The first-order valence-corrected chi connectivity index (χ1v) is 27.3. The molecular weight excluding hydrogens is 741 g/mol. The summed E-state index contributed by atoms with van der Waals surface area (Å²) in [5, 5.41) is 23.4. The number of hydrogen-bond donors (Lipinski definition) is 2. The van der Waals surface area contributed by atoms with Gasteiger partial charge in [0.05, 0.1) is 0 Å². The highest BCUT2D eigenvalue weighted by atomic mass is 16.3. The molecule has 351 valence electrons. The van der Waals surface area contributed by atoms with Gasteiger partial charge in [0.15, 0.2) is 0 Å². The van der Waals surface area contributed by atoms with Crippen LogP contribution in [-0.4, -0.2) is 10.2 Å². The van der Waals surface area contributed by atoms with Crippen LogP contribution >= 0.6 is 0 Å². The lowest BCUT2D eigenvalue weighted by Crippen LogP contribution is -2.09. The maximum atomic E-state index is 11.7. The van der Waals surface area contributed by atoms with E-state index in [1.165, 1.54) is 226 Å². The van der Waals surface area contributed by atoms with E-state index in [2.05, 4.69) is 72.2 Å². The number of phenolic OH excluding ortho intramolecular Hbond substituents is 2. The van der Waals surface area contributed by atoms with Crippen LogP contribution in [0.4, 0.5) is 0 Å². The molecule has 0 saturated heterocycles. The summed E-state index contributed by atoms with van der Waals surface area (Å²) in [6.45, 7) is 13.9. The summed E-state index contributed by atoms with van der Waals surface area (Å²) in [5.41, 5.74) is 7.68. The number of aromatic hydroxyl groups is 2. The molecule has 2 unspecified atom stereocenters. The molecule has 2 N–H and O–H groups in total. The van der Waals surface area contributed by atoms with E-state index < -0.39 is 0 Å². The molecule has 0 heterocycles. The van der Waals surface area contributed by atoms with E-state index in [4.69, 9.17) is 0 Å². The van der Waals surface area contributed by atoms with E-state index in [0.29, 0.717) is 23.3 Å². The maximum Gasteiger partial charge on any atom is 0.121 e. The lowest BCUT2D eigenvalue weighted by molar-refractivity contribution is 0.420. The van der Waals surface area contributed by atoms with Gasteiger partial charge in [-0.2, -0.15) is 0 Å². The zero-order valence-electron chi connectivity index (χ0n) is 41.8. The normalized spacial score (nSPS) is 12.7. The number of aryl methyl sites for hydroxylation is 4. The maximum absolute atomic E-state index is 11.7. The first-order chi connectivity index (χ1) is 29.9. The third-order valence-corrected chi connectivity index (χ3v) is 13.7. The summed E-state index contributed by atoms with van der Waals surface area (Å²) in [4.78, 5) is 0. The Morgan fingerprint density at radius 3 is 1.08 bits per heavy atom. The van der Waals surface area contributed by atoms with E-state index in [1.54, 1.807) is 0 Å². The van der Waals surface area contributed by atoms with Gasteiger partial charge in [-0.1, -0.05) is 233 Å². The molecule has 2 aromatic carbocycles. The summed E-state index contributed by atoms with van der Waals surface area (Å²) in [5.74, 6) is 2.23. The van der Waals surface area contributed by atoms with Crippen molar-refractivity contribution in [2.75, 3.05) is 0 Å². The second kappa shape index (κ2) is 37.4. The van der Waals surface area contributed by atoms with Crippen LogP contribution in [-0.2, 0) is 38.5 Å². The van der Waals surface area contributed by atoms with Gasteiger partial charge < -0.3 is 10.2 Å². The van der Waals surface area contributed by atoms with Crippen molar-refractivity contribution in [3.8, 4) is 11.5 Å². The largest absolute Gasteiger partial charge is 0.507 e. The number of rotatable bonds is 42. The Morgan fingerprint density at radius 2 is 0.705 bits per heavy atom. The summed E-state index contributed by atoms with van der Waals surface area (Å²) in [6, 6.07) is 9.48. The average molecular weight is 844 g/mol. The number of unbranched alkanes of at least 4 members (excludes halogenated alkanes) is 24. The highest BCUT2D eigenvalue weighted by Crippen LogP contribution is 2.34. The lowest BCUT2D eigenvalue weighted by atomic mass is 9.85. The van der Waals surface area contributed by atoms with Gasteiger partial charge in [0.25, 0.3) is 0 Å². The first kappa shape index (κ1) is 55.2. The fourth-order valence-corrected chi connectivity index (χ4v) is 9.86. The summed E-state index contributed by atoms with van der Waals surface area (Å²) < 4.78 is 0. The van der Waals surface area contributed by atoms with Crippen LogP contribution in [0.15, 0.2) is 24.3 Å². The van der Waals surface area contributed by atoms with Gasteiger partial charge in [0.2, 0.25) is 0 Å². The Balaban J connectivity index is 2.08. The zero-order valence-corrected chi connectivity index (χ0v) is 41.8. The van der Waals surface area contributed by atoms with Crippen LogP contribution in [0.25, 0.3) is 0 Å². The van der Waals surface area contributed by atoms with Crippen molar-refractivity contribution in [3.63, 3.8) is 0 Å². The Morgan fingerprint density at radius 1 is 0.377 bits per heavy atom. The summed E-state index contributed by atoms with van der Waals surface area (Å²) >= 11 is 0. The Bertz CT molecular complexity index is 1310. The predicted octanol–water partition coefficient (Wildman–Crippen LogP) is 19.1. The fourth-order valence-electron chi connectivity index (χ4n) is 9.86. The SMILES string of the molecule is CCCCCCCCCc1cc(CCCCCCCCC)c(O)c(CC(C)C[CH]CC(CCC)Cc2cc(CCCCCCCCC)cc(CCCCCCCCC)c2O)c1. The molecule has 2 rings (SSSR count). The van der Waals surface area contributed by atoms with E-state index in [9.17, 15) is 10.2 Å². The van der Waals surface area contributed by atoms with Gasteiger partial charge >= 0.3 is 0 Å². The molecule has 0 aliphatic carbocycles. The van der Waals surface area contributed by atoms with Gasteiger partial charge in [-0.25, -0.2) is 0 Å². The van der Waals surface area contributed by atoms with Crippen molar-refractivity contribution in [1.29, 1.82) is 0 Å². The van der Waals surface area contributed by atoms with E-state index in [-0.39, 0.29) is 0 Å². The summed E-state index contributed by atoms with van der Waals surface area (Å²) in [6.07, 6.45) is 50.4. The van der Waals surface area contributed by atoms with E-state index >= 15 is 0 Å². The Hall–Kier alpha value is -1.96. The van der Waals surface area contributed by atoms with Crippen LogP contribution in [0.2, 0.25) is 0 Å². The van der Waals surface area contributed by atoms with Gasteiger partial charge in [-0.15, -0.1) is 0 Å². The van der Waals surface area contributed by atoms with Crippen LogP contribution in [0, 0.1) is 18.3 Å². The minimum Gasteiger partial charge on any atom is -0.507 e. The molecule has 2 atom stereocenters. The number of benzene rings is 2. The second-order valence-electron chi connectivity index (χ2n) is 19.9. The molecule has 0 fully saturated rings. The standard InChI is InChI=1S/C59H103O2/c1-7-12-16-20-24-28-32-39-52-46-54(42-34-30-26-22-18-14-9-3)58(60)56(48-52)44-50(6)38-36-41-51(37-11-5)45-57-49-53(40-33-29-25-21-17-13-8-2)47-55(59(57)61)43-35-31-27-23-19-15-10-4/h36,46-51,60-61H,7-35,37-45H2,1-6H3. The molecule has 2 heteroatoms. The Kier molecular flexibility index (Phi) is 33.8. The molecule has 2 aromatic rings. The van der Waals surface area contributed by atoms with Crippen molar-refractivity contribution >= 4 is 0 Å². The van der Waals surface area contributed by atoms with Crippen LogP contribution in [0.3, 0.4) is 0 Å². The molecule has 0 saturated carbocycles. The molecule has 61 heavy (non-hydrogen) atoms. The molecule has 0 bridgehead atoms. The smallest absolute Gasteiger partial charge is 0.121 e. The zero-order chi connectivity index (χ0) is 44.2. The highest BCUT2D eigenvalue weighted by Gasteiger charge is 2.18. The molecule has 0 aliphatic heterocycles. The minimum atomic E-state index is 0.487. The fraction of sp³-hybridized carbons (Fsp3) is 0.780. The third-order valence-electron chi connectivity index (χ3n) is 13.7. The van der Waals surface area contributed by atoms with Crippen molar-refractivity contribution in [3.05, 3.63) is 64.1 Å². The van der Waals surface area contributed by atoms with Gasteiger partial charge in [0.1, 0.15) is 11.5 Å². The van der Waals surface area contributed by atoms with Crippen LogP contribution < -0.4 is 0 Å². The minimum absolute atomic E-state index is 0.487. The van der Waals surface area contributed by atoms with Gasteiger partial charge in [-0.05, 0) is 129 Å². The quantitative estimate of drug-likeness (QED) is 0.0654. The molecular formula is C59H103O2. The van der Waals surface area contributed by atoms with Crippen molar-refractivity contribution < 1.29 is 10.2 Å². The van der Waals surface area contributed by atoms with Gasteiger partial charge in [-0.3, -0.25) is 0 Å². The molecule has 0 amide bonds. The average Bonchev–Trinajstić information content (AvgIpc) is 3.25. The van der Waals surface area contributed by atoms with Crippen LogP contribution in [0.5, 0.6) is 11.5 Å². The monoisotopic (exact) mass is 844 g/mol. The molecule has 0 aromatic heterocycles. The first-order valence-electron chi connectivity index (χ1n) is 27.3. The Labute approximate surface area is 381 Å².